The number of nitrogens with zero attached hydrogens (tertiary/aromatic N) is 1. The largest absolute Gasteiger partial charge is 0.462 e. The SMILES string of the molecule is C[C@H]1C[C@@H](O)[C@@H](Oc2ccc(Cl)cc2)O[C@H]1CN=O. The Hall–Kier alpha value is -1.17. The fraction of sp³-hybridized carbons (Fsp3) is 0.538. The Morgan fingerprint density at radius 3 is 2.79 bits per heavy atom. The number of hydrogen-bond donors (Lipinski definition) is 1. The molecule has 19 heavy (non-hydrogen) atoms. The minimum absolute atomic E-state index is 0.0639. The van der Waals surface area contributed by atoms with Crippen molar-refractivity contribution in [2.75, 3.05) is 6.54 Å². The summed E-state index contributed by atoms with van der Waals surface area (Å²) in [4.78, 5) is 10.4. The first-order chi connectivity index (χ1) is 9.10. The summed E-state index contributed by atoms with van der Waals surface area (Å²) in [6.45, 7) is 1.98. The zero-order chi connectivity index (χ0) is 13.8. The van der Waals surface area contributed by atoms with Gasteiger partial charge in [-0.1, -0.05) is 23.7 Å². The molecule has 0 spiro atoms. The molecule has 1 fully saturated rings. The Morgan fingerprint density at radius 1 is 1.47 bits per heavy atom. The first kappa shape index (κ1) is 14.2. The fourth-order valence-corrected chi connectivity index (χ4v) is 2.22. The Kier molecular flexibility index (Phi) is 4.74. The maximum Gasteiger partial charge on any atom is 0.226 e. The maximum atomic E-state index is 10.4. The van der Waals surface area contributed by atoms with E-state index < -0.39 is 12.4 Å². The summed E-state index contributed by atoms with van der Waals surface area (Å²) >= 11 is 5.78. The van der Waals surface area contributed by atoms with E-state index in [0.717, 1.165) is 0 Å². The molecule has 104 valence electrons. The molecule has 4 atom stereocenters. The maximum absolute atomic E-state index is 10.4. The van der Waals surface area contributed by atoms with Gasteiger partial charge in [0.2, 0.25) is 6.29 Å². The highest BCUT2D eigenvalue weighted by molar-refractivity contribution is 6.30. The summed E-state index contributed by atoms with van der Waals surface area (Å²) in [6.07, 6.45) is -1.32. The van der Waals surface area contributed by atoms with E-state index in [0.29, 0.717) is 17.2 Å². The predicted octanol–water partition coefficient (Wildman–Crippen LogP) is 2.60. The molecule has 0 amide bonds. The second-order valence-corrected chi connectivity index (χ2v) is 5.14. The zero-order valence-corrected chi connectivity index (χ0v) is 11.3. The van der Waals surface area contributed by atoms with Crippen molar-refractivity contribution >= 4 is 11.6 Å². The normalized spacial score (nSPS) is 30.9. The van der Waals surface area contributed by atoms with Gasteiger partial charge in [0.15, 0.2) is 0 Å². The monoisotopic (exact) mass is 285 g/mol. The molecule has 1 aromatic rings. The third-order valence-corrected chi connectivity index (χ3v) is 3.44. The molecule has 6 heteroatoms. The van der Waals surface area contributed by atoms with Crippen LogP contribution in [0.25, 0.3) is 0 Å². The molecule has 0 bridgehead atoms. The number of ether oxygens (including phenoxy) is 2. The summed E-state index contributed by atoms with van der Waals surface area (Å²) in [6, 6.07) is 6.78. The average molecular weight is 286 g/mol. The summed E-state index contributed by atoms with van der Waals surface area (Å²) in [5.74, 6) is 0.624. The molecule has 1 aliphatic rings. The molecule has 1 heterocycles. The van der Waals surface area contributed by atoms with Crippen molar-refractivity contribution in [3.63, 3.8) is 0 Å². The first-order valence-electron chi connectivity index (χ1n) is 6.15. The van der Waals surface area contributed by atoms with Gasteiger partial charge in [-0.05, 0) is 36.6 Å². The number of aliphatic hydroxyl groups is 1. The molecule has 5 nitrogen and oxygen atoms in total. The summed E-state index contributed by atoms with van der Waals surface area (Å²) in [5.41, 5.74) is 0. The van der Waals surface area contributed by atoms with Gasteiger partial charge in [0.25, 0.3) is 0 Å². The lowest BCUT2D eigenvalue weighted by atomic mass is 9.94. The smallest absolute Gasteiger partial charge is 0.226 e. The van der Waals surface area contributed by atoms with E-state index in [1.54, 1.807) is 24.3 Å². The van der Waals surface area contributed by atoms with Crippen molar-refractivity contribution in [2.24, 2.45) is 11.1 Å². The van der Waals surface area contributed by atoms with Crippen molar-refractivity contribution in [1.82, 2.24) is 0 Å². The van der Waals surface area contributed by atoms with E-state index in [1.807, 2.05) is 6.92 Å². The molecule has 1 N–H and O–H groups in total. The molecule has 1 saturated heterocycles. The van der Waals surface area contributed by atoms with Crippen molar-refractivity contribution in [3.8, 4) is 5.75 Å². The highest BCUT2D eigenvalue weighted by Gasteiger charge is 2.36. The van der Waals surface area contributed by atoms with Gasteiger partial charge >= 0.3 is 0 Å². The highest BCUT2D eigenvalue weighted by Crippen LogP contribution is 2.28. The summed E-state index contributed by atoms with van der Waals surface area (Å²) in [7, 11) is 0. The third kappa shape index (κ3) is 3.65. The summed E-state index contributed by atoms with van der Waals surface area (Å²) in [5, 5.41) is 13.4. The molecule has 0 aliphatic carbocycles. The van der Waals surface area contributed by atoms with E-state index in [9.17, 15) is 10.0 Å². The Bertz CT molecular complexity index is 425. The minimum Gasteiger partial charge on any atom is -0.462 e. The number of halogens is 1. The van der Waals surface area contributed by atoms with Crippen LogP contribution >= 0.6 is 11.6 Å². The van der Waals surface area contributed by atoms with Crippen LogP contribution in [0, 0.1) is 10.8 Å². The fourth-order valence-electron chi connectivity index (χ4n) is 2.09. The number of hydrogen-bond acceptors (Lipinski definition) is 5. The quantitative estimate of drug-likeness (QED) is 0.864. The molecule has 1 aromatic carbocycles. The molecule has 2 rings (SSSR count). The van der Waals surface area contributed by atoms with E-state index in [-0.39, 0.29) is 18.6 Å². The topological polar surface area (TPSA) is 68.1 Å². The van der Waals surface area contributed by atoms with Crippen LogP contribution in [0.2, 0.25) is 5.02 Å². The second-order valence-electron chi connectivity index (χ2n) is 4.71. The standard InChI is InChI=1S/C13H16ClNO4/c1-8-6-11(16)13(19-12(8)7-15-17)18-10-4-2-9(14)3-5-10/h2-5,8,11-13,16H,6-7H2,1H3/t8-,11+,12-,13-/m0/s1. The number of rotatable bonds is 4. The Balaban J connectivity index is 2.02. The van der Waals surface area contributed by atoms with Gasteiger partial charge in [-0.3, -0.25) is 0 Å². The van der Waals surface area contributed by atoms with Gasteiger partial charge in [-0.2, -0.15) is 4.91 Å². The number of aliphatic hydroxyl groups excluding tert-OH is 1. The first-order valence-corrected chi connectivity index (χ1v) is 6.53. The molecule has 0 saturated carbocycles. The van der Waals surface area contributed by atoms with Crippen LogP contribution in [0.15, 0.2) is 29.4 Å². The van der Waals surface area contributed by atoms with E-state index in [4.69, 9.17) is 21.1 Å². The molecule has 1 aliphatic heterocycles. The second kappa shape index (κ2) is 6.32. The van der Waals surface area contributed by atoms with Gasteiger partial charge in [0, 0.05) is 5.02 Å². The lowest BCUT2D eigenvalue weighted by molar-refractivity contribution is -0.215. The van der Waals surface area contributed by atoms with E-state index in [2.05, 4.69) is 5.18 Å². The van der Waals surface area contributed by atoms with Crippen molar-refractivity contribution in [3.05, 3.63) is 34.2 Å². The Labute approximate surface area is 116 Å². The van der Waals surface area contributed by atoms with E-state index in [1.165, 1.54) is 0 Å². The van der Waals surface area contributed by atoms with Gasteiger partial charge in [-0.25, -0.2) is 0 Å². The molecule has 0 unspecified atom stereocenters. The van der Waals surface area contributed by atoms with Crippen LogP contribution in [0.4, 0.5) is 0 Å². The lowest BCUT2D eigenvalue weighted by Crippen LogP contribution is -2.47. The highest BCUT2D eigenvalue weighted by atomic mass is 35.5. The minimum atomic E-state index is -0.788. The molecular weight excluding hydrogens is 270 g/mol. The van der Waals surface area contributed by atoms with E-state index >= 15 is 0 Å². The predicted molar refractivity (Wildman–Crippen MR) is 71.2 cm³/mol. The lowest BCUT2D eigenvalue weighted by Gasteiger charge is -2.36. The van der Waals surface area contributed by atoms with Crippen molar-refractivity contribution < 1.29 is 14.6 Å². The van der Waals surface area contributed by atoms with Crippen LogP contribution in [-0.2, 0) is 4.74 Å². The van der Waals surface area contributed by atoms with Crippen LogP contribution in [0.3, 0.4) is 0 Å². The number of benzene rings is 1. The van der Waals surface area contributed by atoms with Crippen LogP contribution < -0.4 is 4.74 Å². The van der Waals surface area contributed by atoms with Crippen molar-refractivity contribution in [1.29, 1.82) is 0 Å². The zero-order valence-electron chi connectivity index (χ0n) is 10.5. The van der Waals surface area contributed by atoms with Gasteiger partial charge in [0.05, 0.1) is 6.10 Å². The Morgan fingerprint density at radius 2 is 2.16 bits per heavy atom. The molecule has 0 aromatic heterocycles. The number of nitroso groups, excluding NO2 is 1. The third-order valence-electron chi connectivity index (χ3n) is 3.19. The van der Waals surface area contributed by atoms with Gasteiger partial charge < -0.3 is 14.6 Å². The summed E-state index contributed by atoms with van der Waals surface area (Å²) < 4.78 is 11.2. The van der Waals surface area contributed by atoms with Crippen LogP contribution in [0.5, 0.6) is 5.75 Å². The average Bonchev–Trinajstić information content (AvgIpc) is 2.38. The van der Waals surface area contributed by atoms with Gasteiger partial charge in [0.1, 0.15) is 18.4 Å². The molecule has 0 radical (unpaired) electrons. The van der Waals surface area contributed by atoms with Crippen molar-refractivity contribution in [2.45, 2.75) is 31.8 Å². The van der Waals surface area contributed by atoms with Crippen LogP contribution in [0.1, 0.15) is 13.3 Å². The molecular formula is C13H16ClNO4. The van der Waals surface area contributed by atoms with Gasteiger partial charge in [-0.15, -0.1) is 0 Å². The van der Waals surface area contributed by atoms with Crippen LogP contribution in [-0.4, -0.2) is 30.1 Å².